The van der Waals surface area contributed by atoms with E-state index in [0.29, 0.717) is 16.1 Å². The van der Waals surface area contributed by atoms with Crippen LogP contribution in [0.1, 0.15) is 36.0 Å². The van der Waals surface area contributed by atoms with E-state index in [0.717, 1.165) is 5.52 Å². The van der Waals surface area contributed by atoms with E-state index < -0.39 is 5.97 Å². The first-order valence-electron chi connectivity index (χ1n) is 6.03. The first-order chi connectivity index (χ1) is 8.72. The Morgan fingerprint density at radius 1 is 1.39 bits per heavy atom. The number of thioether (sulfide) groups is 1. The van der Waals surface area contributed by atoms with Crippen LogP contribution in [0, 0.1) is 0 Å². The van der Waals surface area contributed by atoms with E-state index in [1.807, 2.05) is 0 Å². The Hall–Kier alpha value is -1.49. The molecule has 1 aromatic carbocycles. The summed E-state index contributed by atoms with van der Waals surface area (Å²) in [6.07, 6.45) is 4.98. The summed E-state index contributed by atoms with van der Waals surface area (Å²) in [6, 6.07) is 4.78. The Morgan fingerprint density at radius 2 is 2.17 bits per heavy atom. The van der Waals surface area contributed by atoms with Crippen molar-refractivity contribution in [3.05, 3.63) is 23.8 Å². The van der Waals surface area contributed by atoms with E-state index in [1.165, 1.54) is 31.7 Å². The molecule has 94 valence electrons. The van der Waals surface area contributed by atoms with E-state index in [4.69, 9.17) is 9.52 Å². The predicted octanol–water partition coefficient (Wildman–Crippen LogP) is 3.56. The topological polar surface area (TPSA) is 63.3 Å². The van der Waals surface area contributed by atoms with E-state index >= 15 is 0 Å². The van der Waals surface area contributed by atoms with Gasteiger partial charge in [-0.15, -0.1) is 0 Å². The number of carbonyl (C=O) groups is 1. The molecular weight excluding hydrogens is 250 g/mol. The number of carboxylic acid groups (broad SMARTS) is 1. The molecule has 5 heteroatoms. The van der Waals surface area contributed by atoms with Crippen LogP contribution >= 0.6 is 11.8 Å². The molecule has 1 aliphatic carbocycles. The van der Waals surface area contributed by atoms with Crippen LogP contribution in [0.2, 0.25) is 0 Å². The Labute approximate surface area is 108 Å². The van der Waals surface area contributed by atoms with Gasteiger partial charge in [-0.05, 0) is 31.0 Å². The minimum absolute atomic E-state index is 0.232. The maximum absolute atomic E-state index is 10.9. The van der Waals surface area contributed by atoms with Gasteiger partial charge in [0.15, 0.2) is 5.58 Å². The monoisotopic (exact) mass is 263 g/mol. The van der Waals surface area contributed by atoms with Crippen LogP contribution in [0.15, 0.2) is 27.8 Å². The van der Waals surface area contributed by atoms with Crippen molar-refractivity contribution in [3.63, 3.8) is 0 Å². The van der Waals surface area contributed by atoms with Gasteiger partial charge in [-0.25, -0.2) is 9.78 Å². The fourth-order valence-corrected chi connectivity index (χ4v) is 3.38. The lowest BCUT2D eigenvalue weighted by Gasteiger charge is -2.02. The van der Waals surface area contributed by atoms with Gasteiger partial charge in [0.05, 0.1) is 5.56 Å². The van der Waals surface area contributed by atoms with Crippen molar-refractivity contribution < 1.29 is 14.3 Å². The average Bonchev–Trinajstić information content (AvgIpc) is 2.96. The summed E-state index contributed by atoms with van der Waals surface area (Å²) >= 11 is 1.67. The van der Waals surface area contributed by atoms with Crippen LogP contribution < -0.4 is 0 Å². The molecule has 0 aliphatic heterocycles. The number of benzene rings is 1. The highest BCUT2D eigenvalue weighted by molar-refractivity contribution is 7.99. The molecule has 0 atom stereocenters. The molecule has 1 heterocycles. The molecule has 2 aromatic rings. The third-order valence-electron chi connectivity index (χ3n) is 3.19. The fraction of sp³-hybridized carbons (Fsp3) is 0.385. The van der Waals surface area contributed by atoms with E-state index in [1.54, 1.807) is 23.9 Å². The number of aromatic carboxylic acids is 1. The van der Waals surface area contributed by atoms with Gasteiger partial charge in [0.2, 0.25) is 0 Å². The standard InChI is InChI=1S/C13H13NO3S/c15-12(16)8-5-6-10-11(7-8)17-13(14-10)18-9-3-1-2-4-9/h5-7,9H,1-4H2,(H,15,16). The Balaban J connectivity index is 1.87. The normalized spacial score (nSPS) is 16.4. The minimum Gasteiger partial charge on any atom is -0.478 e. The molecule has 1 saturated carbocycles. The molecule has 1 fully saturated rings. The average molecular weight is 263 g/mol. The van der Waals surface area contributed by atoms with Crippen molar-refractivity contribution >= 4 is 28.8 Å². The number of hydrogen-bond acceptors (Lipinski definition) is 4. The lowest BCUT2D eigenvalue weighted by molar-refractivity contribution is 0.0697. The minimum atomic E-state index is -0.946. The van der Waals surface area contributed by atoms with Gasteiger partial charge in [-0.3, -0.25) is 0 Å². The van der Waals surface area contributed by atoms with Gasteiger partial charge >= 0.3 is 5.97 Å². The molecule has 1 aliphatic rings. The number of rotatable bonds is 3. The van der Waals surface area contributed by atoms with Crippen molar-refractivity contribution in [1.29, 1.82) is 0 Å². The third-order valence-corrected chi connectivity index (χ3v) is 4.37. The second-order valence-corrected chi connectivity index (χ2v) is 5.74. The van der Waals surface area contributed by atoms with Crippen LogP contribution in [0.4, 0.5) is 0 Å². The molecule has 0 saturated heterocycles. The van der Waals surface area contributed by atoms with Crippen LogP contribution in [0.25, 0.3) is 11.1 Å². The van der Waals surface area contributed by atoms with Crippen LogP contribution in [0.3, 0.4) is 0 Å². The van der Waals surface area contributed by atoms with Gasteiger partial charge in [0, 0.05) is 5.25 Å². The molecule has 0 amide bonds. The van der Waals surface area contributed by atoms with Gasteiger partial charge in [-0.2, -0.15) is 0 Å². The first-order valence-corrected chi connectivity index (χ1v) is 6.91. The van der Waals surface area contributed by atoms with Crippen molar-refractivity contribution in [1.82, 2.24) is 4.98 Å². The molecule has 0 spiro atoms. The van der Waals surface area contributed by atoms with Crippen molar-refractivity contribution in [3.8, 4) is 0 Å². The number of aromatic nitrogens is 1. The Bertz CT molecular complexity index is 587. The van der Waals surface area contributed by atoms with Gasteiger partial charge in [0.25, 0.3) is 5.22 Å². The summed E-state index contributed by atoms with van der Waals surface area (Å²) in [5.74, 6) is -0.946. The fourth-order valence-electron chi connectivity index (χ4n) is 2.24. The molecular formula is C13H13NO3S. The largest absolute Gasteiger partial charge is 0.478 e. The number of hydrogen-bond donors (Lipinski definition) is 1. The summed E-state index contributed by atoms with van der Waals surface area (Å²) < 4.78 is 5.61. The van der Waals surface area contributed by atoms with Crippen LogP contribution in [0.5, 0.6) is 0 Å². The van der Waals surface area contributed by atoms with Crippen molar-refractivity contribution in [2.45, 2.75) is 36.2 Å². The molecule has 0 bridgehead atoms. The third kappa shape index (κ3) is 2.22. The molecule has 1 N–H and O–H groups in total. The molecule has 0 radical (unpaired) electrons. The zero-order chi connectivity index (χ0) is 12.5. The number of fused-ring (bicyclic) bond motifs is 1. The Kier molecular flexibility index (Phi) is 2.99. The molecule has 1 aromatic heterocycles. The highest BCUT2D eigenvalue weighted by atomic mass is 32.2. The highest BCUT2D eigenvalue weighted by Crippen LogP contribution is 2.35. The quantitative estimate of drug-likeness (QED) is 0.917. The molecule has 18 heavy (non-hydrogen) atoms. The van der Waals surface area contributed by atoms with Gasteiger partial charge < -0.3 is 9.52 Å². The van der Waals surface area contributed by atoms with E-state index in [-0.39, 0.29) is 5.56 Å². The molecule has 3 rings (SSSR count). The summed E-state index contributed by atoms with van der Waals surface area (Å²) in [6.45, 7) is 0. The number of nitrogens with zero attached hydrogens (tertiary/aromatic N) is 1. The van der Waals surface area contributed by atoms with Crippen molar-refractivity contribution in [2.75, 3.05) is 0 Å². The lowest BCUT2D eigenvalue weighted by atomic mass is 10.2. The summed E-state index contributed by atoms with van der Waals surface area (Å²) in [5, 5.41) is 10.2. The van der Waals surface area contributed by atoms with Crippen LogP contribution in [-0.2, 0) is 0 Å². The van der Waals surface area contributed by atoms with Crippen LogP contribution in [-0.4, -0.2) is 21.3 Å². The van der Waals surface area contributed by atoms with Gasteiger partial charge in [-0.1, -0.05) is 24.6 Å². The van der Waals surface area contributed by atoms with E-state index in [9.17, 15) is 4.79 Å². The van der Waals surface area contributed by atoms with Crippen molar-refractivity contribution in [2.24, 2.45) is 0 Å². The summed E-state index contributed by atoms with van der Waals surface area (Å²) in [5.41, 5.74) is 1.51. The number of oxazole rings is 1. The smallest absolute Gasteiger partial charge is 0.335 e. The Morgan fingerprint density at radius 3 is 2.89 bits per heavy atom. The second kappa shape index (κ2) is 4.65. The lowest BCUT2D eigenvalue weighted by Crippen LogP contribution is -1.94. The predicted molar refractivity (Wildman–Crippen MR) is 69.1 cm³/mol. The highest BCUT2D eigenvalue weighted by Gasteiger charge is 2.19. The van der Waals surface area contributed by atoms with Gasteiger partial charge in [0.1, 0.15) is 5.52 Å². The second-order valence-electron chi connectivity index (χ2n) is 4.49. The van der Waals surface area contributed by atoms with E-state index in [2.05, 4.69) is 4.98 Å². The molecule has 4 nitrogen and oxygen atoms in total. The maximum Gasteiger partial charge on any atom is 0.335 e. The summed E-state index contributed by atoms with van der Waals surface area (Å²) in [4.78, 5) is 15.2. The maximum atomic E-state index is 10.9. The molecule has 0 unspecified atom stereocenters. The zero-order valence-electron chi connectivity index (χ0n) is 9.76. The SMILES string of the molecule is O=C(O)c1ccc2nc(SC3CCCC3)oc2c1. The zero-order valence-corrected chi connectivity index (χ0v) is 10.6. The summed E-state index contributed by atoms with van der Waals surface area (Å²) in [7, 11) is 0. The first kappa shape index (κ1) is 11.6. The number of carboxylic acids is 1.